The van der Waals surface area contributed by atoms with Gasteiger partial charge < -0.3 is 19.6 Å². The average molecular weight is 383 g/mol. The topological polar surface area (TPSA) is 82.4 Å². The number of anilines is 1. The third kappa shape index (κ3) is 3.36. The summed E-state index contributed by atoms with van der Waals surface area (Å²) in [7, 11) is 0. The standard InChI is InChI=1S/C17H9ClF3NO4/c18-10-5-6-12-11(7-10)13(14(26-12)16(24)25)22-15(23)8-1-3-9(4-2-8)17(19,20)21/h1-7H,(H,22,23)(H,24,25)/p-1. The van der Waals surface area contributed by atoms with Crippen LogP contribution in [0.15, 0.2) is 46.9 Å². The van der Waals surface area contributed by atoms with Gasteiger partial charge in [-0.15, -0.1) is 0 Å². The number of benzene rings is 2. The summed E-state index contributed by atoms with van der Waals surface area (Å²) in [5.74, 6) is -3.11. The van der Waals surface area contributed by atoms with Gasteiger partial charge in [0, 0.05) is 16.0 Å². The summed E-state index contributed by atoms with van der Waals surface area (Å²) in [5, 5.41) is 14.0. The van der Waals surface area contributed by atoms with Crippen LogP contribution in [0.1, 0.15) is 26.5 Å². The van der Waals surface area contributed by atoms with Crippen LogP contribution in [0.2, 0.25) is 5.02 Å². The van der Waals surface area contributed by atoms with Crippen molar-refractivity contribution in [3.05, 3.63) is 64.4 Å². The normalized spacial score (nSPS) is 11.5. The first-order valence-electron chi connectivity index (χ1n) is 7.09. The van der Waals surface area contributed by atoms with Crippen LogP contribution in [0.3, 0.4) is 0 Å². The quantitative estimate of drug-likeness (QED) is 0.748. The van der Waals surface area contributed by atoms with Crippen LogP contribution >= 0.6 is 11.6 Å². The maximum absolute atomic E-state index is 12.6. The fraction of sp³-hybridized carbons (Fsp3) is 0.0588. The second kappa shape index (κ2) is 6.38. The number of carbonyl (C=O) groups excluding carboxylic acids is 2. The zero-order chi connectivity index (χ0) is 19.1. The van der Waals surface area contributed by atoms with Gasteiger partial charge >= 0.3 is 6.18 Å². The molecular formula is C17H8ClF3NO4-. The van der Waals surface area contributed by atoms with Gasteiger partial charge in [0.25, 0.3) is 5.91 Å². The van der Waals surface area contributed by atoms with E-state index in [1.54, 1.807) is 0 Å². The Morgan fingerprint density at radius 3 is 2.31 bits per heavy atom. The minimum atomic E-state index is -4.53. The van der Waals surface area contributed by atoms with E-state index in [2.05, 4.69) is 5.32 Å². The molecular weight excluding hydrogens is 375 g/mol. The number of aromatic carboxylic acids is 1. The number of amides is 1. The molecule has 1 aromatic heterocycles. The van der Waals surface area contributed by atoms with Crippen molar-refractivity contribution in [2.24, 2.45) is 0 Å². The first-order chi connectivity index (χ1) is 12.2. The maximum Gasteiger partial charge on any atom is 0.416 e. The van der Waals surface area contributed by atoms with Gasteiger partial charge in [0.1, 0.15) is 11.6 Å². The summed E-state index contributed by atoms with van der Waals surface area (Å²) >= 11 is 5.87. The van der Waals surface area contributed by atoms with Crippen LogP contribution in [0, 0.1) is 0 Å². The Labute approximate surface area is 149 Å². The number of halogens is 4. The Morgan fingerprint density at radius 2 is 1.73 bits per heavy atom. The smallest absolute Gasteiger partial charge is 0.416 e. The van der Waals surface area contributed by atoms with E-state index in [1.165, 1.54) is 18.2 Å². The van der Waals surface area contributed by atoms with E-state index in [9.17, 15) is 27.9 Å². The predicted octanol–water partition coefficient (Wildman–Crippen LogP) is 3.72. The van der Waals surface area contributed by atoms with Crippen molar-refractivity contribution in [3.63, 3.8) is 0 Å². The highest BCUT2D eigenvalue weighted by Gasteiger charge is 2.30. The highest BCUT2D eigenvalue weighted by molar-refractivity contribution is 6.31. The van der Waals surface area contributed by atoms with Gasteiger partial charge in [-0.2, -0.15) is 13.2 Å². The van der Waals surface area contributed by atoms with Crippen molar-refractivity contribution in [3.8, 4) is 0 Å². The molecule has 9 heteroatoms. The number of carbonyl (C=O) groups is 2. The maximum atomic E-state index is 12.6. The Bertz CT molecular complexity index is 1010. The molecule has 0 atom stereocenters. The fourth-order valence-corrected chi connectivity index (χ4v) is 2.51. The third-order valence-electron chi connectivity index (χ3n) is 3.55. The molecule has 0 spiro atoms. The monoisotopic (exact) mass is 382 g/mol. The lowest BCUT2D eigenvalue weighted by molar-refractivity contribution is -0.256. The number of rotatable bonds is 3. The number of carboxylic acid groups (broad SMARTS) is 1. The molecule has 0 radical (unpaired) electrons. The summed E-state index contributed by atoms with van der Waals surface area (Å²) in [6, 6.07) is 7.72. The van der Waals surface area contributed by atoms with E-state index in [4.69, 9.17) is 16.0 Å². The summed E-state index contributed by atoms with van der Waals surface area (Å²) in [6.07, 6.45) is -4.53. The summed E-state index contributed by atoms with van der Waals surface area (Å²) in [6.45, 7) is 0. The van der Waals surface area contributed by atoms with E-state index < -0.39 is 29.4 Å². The molecule has 0 saturated carbocycles. The molecule has 0 aliphatic heterocycles. The lowest BCUT2D eigenvalue weighted by Crippen LogP contribution is -2.24. The molecule has 1 amide bonds. The van der Waals surface area contributed by atoms with Crippen LogP contribution in [0.25, 0.3) is 11.0 Å². The molecule has 0 unspecified atom stereocenters. The lowest BCUT2D eigenvalue weighted by atomic mass is 10.1. The van der Waals surface area contributed by atoms with Crippen molar-refractivity contribution >= 4 is 40.1 Å². The van der Waals surface area contributed by atoms with Gasteiger partial charge in [-0.05, 0) is 42.5 Å². The summed E-state index contributed by atoms with van der Waals surface area (Å²) in [5.41, 5.74) is -1.05. The second-order valence-electron chi connectivity index (χ2n) is 5.26. The number of alkyl halides is 3. The van der Waals surface area contributed by atoms with Crippen molar-refractivity contribution in [1.82, 2.24) is 0 Å². The highest BCUT2D eigenvalue weighted by atomic mass is 35.5. The number of furan rings is 1. The van der Waals surface area contributed by atoms with Gasteiger partial charge in [0.2, 0.25) is 0 Å². The predicted molar refractivity (Wildman–Crippen MR) is 85.0 cm³/mol. The third-order valence-corrected chi connectivity index (χ3v) is 3.78. The Hall–Kier alpha value is -3.00. The molecule has 0 fully saturated rings. The molecule has 2 aromatic carbocycles. The van der Waals surface area contributed by atoms with E-state index in [-0.39, 0.29) is 27.2 Å². The molecule has 1 N–H and O–H groups in total. The van der Waals surface area contributed by atoms with Crippen LogP contribution in [-0.4, -0.2) is 11.9 Å². The second-order valence-corrected chi connectivity index (χ2v) is 5.70. The summed E-state index contributed by atoms with van der Waals surface area (Å²) in [4.78, 5) is 23.5. The molecule has 0 bridgehead atoms. The Balaban J connectivity index is 1.97. The van der Waals surface area contributed by atoms with E-state index in [0.717, 1.165) is 24.3 Å². The Morgan fingerprint density at radius 1 is 1.08 bits per heavy atom. The van der Waals surface area contributed by atoms with E-state index in [1.807, 2.05) is 0 Å². The van der Waals surface area contributed by atoms with E-state index in [0.29, 0.717) is 0 Å². The van der Waals surface area contributed by atoms with Crippen molar-refractivity contribution < 1.29 is 32.3 Å². The molecule has 26 heavy (non-hydrogen) atoms. The number of hydrogen-bond donors (Lipinski definition) is 1. The molecule has 3 rings (SSSR count). The van der Waals surface area contributed by atoms with E-state index >= 15 is 0 Å². The molecule has 0 aliphatic rings. The minimum Gasteiger partial charge on any atom is -0.541 e. The highest BCUT2D eigenvalue weighted by Crippen LogP contribution is 2.33. The minimum absolute atomic E-state index is 0.0984. The zero-order valence-corrected chi connectivity index (χ0v) is 13.4. The van der Waals surface area contributed by atoms with Gasteiger partial charge in [-0.3, -0.25) is 4.79 Å². The SMILES string of the molecule is O=C(Nc1c(C(=O)[O-])oc2ccc(Cl)cc12)c1ccc(C(F)(F)F)cc1. The summed E-state index contributed by atoms with van der Waals surface area (Å²) < 4.78 is 42.9. The molecule has 0 saturated heterocycles. The first-order valence-corrected chi connectivity index (χ1v) is 7.46. The molecule has 5 nitrogen and oxygen atoms in total. The zero-order valence-electron chi connectivity index (χ0n) is 12.7. The average Bonchev–Trinajstić information content (AvgIpc) is 2.92. The largest absolute Gasteiger partial charge is 0.541 e. The number of fused-ring (bicyclic) bond motifs is 1. The first kappa shape index (κ1) is 17.8. The van der Waals surface area contributed by atoms with Crippen LogP contribution < -0.4 is 10.4 Å². The number of carboxylic acids is 1. The van der Waals surface area contributed by atoms with Gasteiger partial charge in [-0.1, -0.05) is 11.6 Å². The number of nitrogens with one attached hydrogen (secondary N) is 1. The van der Waals surface area contributed by atoms with Crippen molar-refractivity contribution in [2.75, 3.05) is 5.32 Å². The lowest BCUT2D eigenvalue weighted by Gasteiger charge is -2.09. The van der Waals surface area contributed by atoms with Crippen molar-refractivity contribution in [1.29, 1.82) is 0 Å². The molecule has 134 valence electrons. The van der Waals surface area contributed by atoms with Crippen molar-refractivity contribution in [2.45, 2.75) is 6.18 Å². The fourth-order valence-electron chi connectivity index (χ4n) is 2.33. The Kier molecular flexibility index (Phi) is 4.37. The van der Waals surface area contributed by atoms with Gasteiger partial charge in [0.05, 0.1) is 11.3 Å². The van der Waals surface area contributed by atoms with Crippen LogP contribution in [0.4, 0.5) is 18.9 Å². The van der Waals surface area contributed by atoms with Crippen LogP contribution in [0.5, 0.6) is 0 Å². The molecule has 3 aromatic rings. The van der Waals surface area contributed by atoms with Crippen LogP contribution in [-0.2, 0) is 6.18 Å². The number of hydrogen-bond acceptors (Lipinski definition) is 4. The molecule has 0 aliphatic carbocycles. The molecule has 1 heterocycles. The van der Waals surface area contributed by atoms with Gasteiger partial charge in [0.15, 0.2) is 5.76 Å². The van der Waals surface area contributed by atoms with Gasteiger partial charge in [-0.25, -0.2) is 0 Å².